The van der Waals surface area contributed by atoms with E-state index in [1.807, 2.05) is 16.8 Å². The molecule has 0 radical (unpaired) electrons. The Morgan fingerprint density at radius 2 is 2.40 bits per heavy atom. The Kier molecular flexibility index (Phi) is 3.51. The molecule has 3 rings (SSSR count). The molecule has 7 heteroatoms. The molecule has 1 atom stereocenters. The molecule has 1 aliphatic heterocycles. The van der Waals surface area contributed by atoms with Crippen LogP contribution >= 0.6 is 0 Å². The van der Waals surface area contributed by atoms with Gasteiger partial charge in [0.05, 0.1) is 25.9 Å². The highest BCUT2D eigenvalue weighted by atomic mass is 16.5. The van der Waals surface area contributed by atoms with Crippen LogP contribution in [0.1, 0.15) is 6.42 Å². The van der Waals surface area contributed by atoms with Gasteiger partial charge in [0.1, 0.15) is 5.75 Å². The molecule has 0 saturated carbocycles. The van der Waals surface area contributed by atoms with Gasteiger partial charge in [-0.05, 0) is 35.0 Å². The summed E-state index contributed by atoms with van der Waals surface area (Å²) in [6.07, 6.45) is 1.05. The summed E-state index contributed by atoms with van der Waals surface area (Å²) < 4.78 is 12.4. The molecule has 2 N–H and O–H groups in total. The van der Waals surface area contributed by atoms with Crippen LogP contribution in [0, 0.1) is 5.92 Å². The number of hydrogen-bond donors (Lipinski definition) is 1. The molecule has 0 bridgehead atoms. The first-order chi connectivity index (χ1) is 9.78. The predicted molar refractivity (Wildman–Crippen MR) is 73.1 cm³/mol. The van der Waals surface area contributed by atoms with Crippen LogP contribution in [0.2, 0.25) is 0 Å². The Morgan fingerprint density at radius 1 is 1.50 bits per heavy atom. The Bertz CT molecular complexity index is 592. The van der Waals surface area contributed by atoms with Crippen LogP contribution in [-0.2, 0) is 11.3 Å². The van der Waals surface area contributed by atoms with Crippen molar-refractivity contribution in [3.05, 3.63) is 18.2 Å². The fourth-order valence-corrected chi connectivity index (χ4v) is 2.36. The van der Waals surface area contributed by atoms with Crippen LogP contribution in [-0.4, -0.2) is 40.5 Å². The first kappa shape index (κ1) is 12.9. The van der Waals surface area contributed by atoms with Gasteiger partial charge in [-0.1, -0.05) is 0 Å². The van der Waals surface area contributed by atoms with Crippen LogP contribution in [0.15, 0.2) is 18.2 Å². The standard InChI is InChI=1S/C13H17N5O2/c1-19-12-6-10(2-3-11(12)14)13-15-16-17-18(13)7-9-4-5-20-8-9/h2-3,6,9H,4-5,7-8,14H2,1H3. The maximum atomic E-state index is 5.82. The molecule has 1 aliphatic rings. The quantitative estimate of drug-likeness (QED) is 0.836. The predicted octanol–water partition coefficient (Wildman–Crippen LogP) is 0.967. The summed E-state index contributed by atoms with van der Waals surface area (Å²) in [5.41, 5.74) is 7.31. The van der Waals surface area contributed by atoms with E-state index in [4.69, 9.17) is 15.2 Å². The Balaban J connectivity index is 1.88. The van der Waals surface area contributed by atoms with Gasteiger partial charge in [-0.15, -0.1) is 5.10 Å². The molecule has 1 saturated heterocycles. The zero-order chi connectivity index (χ0) is 13.9. The molecular formula is C13H17N5O2. The van der Waals surface area contributed by atoms with Crippen LogP contribution in [0.5, 0.6) is 5.75 Å². The molecule has 1 aromatic heterocycles. The Hall–Kier alpha value is -2.15. The van der Waals surface area contributed by atoms with Crippen molar-refractivity contribution in [2.45, 2.75) is 13.0 Å². The SMILES string of the molecule is COc1cc(-c2nnnn2CC2CCOC2)ccc1N. The molecular weight excluding hydrogens is 258 g/mol. The minimum Gasteiger partial charge on any atom is -0.495 e. The lowest BCUT2D eigenvalue weighted by Crippen LogP contribution is -2.13. The van der Waals surface area contributed by atoms with Crippen molar-refractivity contribution >= 4 is 5.69 Å². The van der Waals surface area contributed by atoms with Gasteiger partial charge >= 0.3 is 0 Å². The monoisotopic (exact) mass is 275 g/mol. The first-order valence-corrected chi connectivity index (χ1v) is 6.55. The number of hydrogen-bond acceptors (Lipinski definition) is 6. The number of nitrogens with zero attached hydrogens (tertiary/aromatic N) is 4. The van der Waals surface area contributed by atoms with E-state index < -0.39 is 0 Å². The zero-order valence-electron chi connectivity index (χ0n) is 11.3. The van der Waals surface area contributed by atoms with Crippen LogP contribution in [0.25, 0.3) is 11.4 Å². The molecule has 106 valence electrons. The number of nitrogens with two attached hydrogens (primary N) is 1. The van der Waals surface area contributed by atoms with E-state index in [-0.39, 0.29) is 0 Å². The second kappa shape index (κ2) is 5.46. The third-order valence-corrected chi connectivity index (χ3v) is 3.48. The third-order valence-electron chi connectivity index (χ3n) is 3.48. The van der Waals surface area contributed by atoms with Gasteiger partial charge in [-0.3, -0.25) is 0 Å². The largest absolute Gasteiger partial charge is 0.495 e. The second-order valence-electron chi connectivity index (χ2n) is 4.87. The molecule has 1 aromatic carbocycles. The van der Waals surface area contributed by atoms with E-state index in [2.05, 4.69) is 15.5 Å². The van der Waals surface area contributed by atoms with Gasteiger partial charge < -0.3 is 15.2 Å². The average Bonchev–Trinajstić information content (AvgIpc) is 3.12. The van der Waals surface area contributed by atoms with Crippen molar-refractivity contribution in [2.24, 2.45) is 5.92 Å². The lowest BCUT2D eigenvalue weighted by Gasteiger charge is -2.10. The molecule has 1 unspecified atom stereocenters. The molecule has 0 spiro atoms. The molecule has 0 amide bonds. The molecule has 7 nitrogen and oxygen atoms in total. The van der Waals surface area contributed by atoms with Crippen molar-refractivity contribution in [3.63, 3.8) is 0 Å². The minimum absolute atomic E-state index is 0.466. The highest BCUT2D eigenvalue weighted by Crippen LogP contribution is 2.28. The number of nitrogen functional groups attached to an aromatic ring is 1. The number of anilines is 1. The highest BCUT2D eigenvalue weighted by molar-refractivity contribution is 5.65. The fourth-order valence-electron chi connectivity index (χ4n) is 2.36. The zero-order valence-corrected chi connectivity index (χ0v) is 11.3. The summed E-state index contributed by atoms with van der Waals surface area (Å²) in [6.45, 7) is 2.34. The number of benzene rings is 1. The highest BCUT2D eigenvalue weighted by Gasteiger charge is 2.19. The van der Waals surface area contributed by atoms with E-state index in [9.17, 15) is 0 Å². The minimum atomic E-state index is 0.466. The van der Waals surface area contributed by atoms with Gasteiger partial charge in [0.25, 0.3) is 0 Å². The van der Waals surface area contributed by atoms with Gasteiger partial charge in [-0.2, -0.15) is 0 Å². The van der Waals surface area contributed by atoms with Crippen LogP contribution < -0.4 is 10.5 Å². The molecule has 20 heavy (non-hydrogen) atoms. The van der Waals surface area contributed by atoms with E-state index in [1.54, 1.807) is 13.2 Å². The first-order valence-electron chi connectivity index (χ1n) is 6.55. The summed E-state index contributed by atoms with van der Waals surface area (Å²) in [6, 6.07) is 5.54. The van der Waals surface area contributed by atoms with E-state index in [1.165, 1.54) is 0 Å². The number of methoxy groups -OCH3 is 1. The summed E-state index contributed by atoms with van der Waals surface area (Å²) in [5, 5.41) is 11.9. The van der Waals surface area contributed by atoms with Crippen molar-refractivity contribution in [2.75, 3.05) is 26.1 Å². The van der Waals surface area contributed by atoms with E-state index in [0.717, 1.165) is 37.6 Å². The molecule has 0 aliphatic carbocycles. The Morgan fingerprint density at radius 3 is 3.15 bits per heavy atom. The maximum absolute atomic E-state index is 5.82. The normalized spacial score (nSPS) is 18.4. The second-order valence-corrected chi connectivity index (χ2v) is 4.87. The number of ether oxygens (including phenoxy) is 2. The Labute approximate surface area is 116 Å². The average molecular weight is 275 g/mol. The lowest BCUT2D eigenvalue weighted by atomic mass is 10.1. The molecule has 2 heterocycles. The summed E-state index contributed by atoms with van der Waals surface area (Å²) in [4.78, 5) is 0. The lowest BCUT2D eigenvalue weighted by molar-refractivity contribution is 0.181. The summed E-state index contributed by atoms with van der Waals surface area (Å²) in [7, 11) is 1.59. The number of aromatic nitrogens is 4. The maximum Gasteiger partial charge on any atom is 0.182 e. The van der Waals surface area contributed by atoms with Crippen LogP contribution in [0.3, 0.4) is 0 Å². The van der Waals surface area contributed by atoms with Gasteiger partial charge in [0, 0.05) is 18.1 Å². The van der Waals surface area contributed by atoms with Gasteiger partial charge in [-0.25, -0.2) is 4.68 Å². The topological polar surface area (TPSA) is 88.1 Å². The van der Waals surface area contributed by atoms with E-state index >= 15 is 0 Å². The van der Waals surface area contributed by atoms with Crippen molar-refractivity contribution in [3.8, 4) is 17.1 Å². The van der Waals surface area contributed by atoms with Crippen LogP contribution in [0.4, 0.5) is 5.69 Å². The number of rotatable bonds is 4. The molecule has 1 fully saturated rings. The van der Waals surface area contributed by atoms with Crippen molar-refractivity contribution in [1.82, 2.24) is 20.2 Å². The smallest absolute Gasteiger partial charge is 0.182 e. The fraction of sp³-hybridized carbons (Fsp3) is 0.462. The van der Waals surface area contributed by atoms with Gasteiger partial charge in [0.15, 0.2) is 5.82 Å². The molecule has 2 aromatic rings. The summed E-state index contributed by atoms with van der Waals surface area (Å²) in [5.74, 6) is 1.81. The number of tetrazole rings is 1. The van der Waals surface area contributed by atoms with E-state index in [0.29, 0.717) is 17.4 Å². The summed E-state index contributed by atoms with van der Waals surface area (Å²) >= 11 is 0. The van der Waals surface area contributed by atoms with Gasteiger partial charge in [0.2, 0.25) is 0 Å². The third kappa shape index (κ3) is 2.44. The van der Waals surface area contributed by atoms with Crippen molar-refractivity contribution < 1.29 is 9.47 Å². The van der Waals surface area contributed by atoms with Crippen molar-refractivity contribution in [1.29, 1.82) is 0 Å².